The number of aliphatic imine (C=N–C) groups is 1. The molecule has 0 spiro atoms. The summed E-state index contributed by atoms with van der Waals surface area (Å²) < 4.78 is 15.0. The molecule has 7 rings (SSSR count). The number of benzene rings is 6. The number of anilines is 1. The molecule has 0 bridgehead atoms. The monoisotopic (exact) mass is 576 g/mol. The van der Waals surface area contributed by atoms with Crippen molar-refractivity contribution in [1.82, 2.24) is 0 Å². The third kappa shape index (κ3) is 7.18. The van der Waals surface area contributed by atoms with Crippen molar-refractivity contribution in [3.8, 4) is 0 Å². The van der Waals surface area contributed by atoms with Gasteiger partial charge in [-0.1, -0.05) is 109 Å². The molecule has 1 saturated heterocycles. The maximum Gasteiger partial charge on any atom is 0.254 e. The summed E-state index contributed by atoms with van der Waals surface area (Å²) >= 11 is 0. The Kier molecular flexibility index (Phi) is 8.91. The molecule has 0 saturated carbocycles. The number of rotatable bonds is 4. The first-order valence-corrected chi connectivity index (χ1v) is 14.8. The van der Waals surface area contributed by atoms with Gasteiger partial charge in [0.1, 0.15) is 0 Å². The van der Waals surface area contributed by atoms with Crippen LogP contribution in [0.15, 0.2) is 138 Å². The fourth-order valence-corrected chi connectivity index (χ4v) is 5.36. The van der Waals surface area contributed by atoms with Gasteiger partial charge in [-0.3, -0.25) is 4.99 Å². The van der Waals surface area contributed by atoms with Gasteiger partial charge in [0.25, 0.3) is 6.19 Å². The molecule has 4 nitrogen and oxygen atoms in total. The molecule has 0 unspecified atom stereocenters. The van der Waals surface area contributed by atoms with Gasteiger partial charge in [-0.05, 0) is 88.8 Å². The lowest BCUT2D eigenvalue weighted by atomic mass is 10.0. The molecule has 1 heterocycles. The third-order valence-corrected chi connectivity index (χ3v) is 7.77. The molecule has 4 heteroatoms. The minimum atomic E-state index is -0.575. The normalized spacial score (nSPS) is 17.5. The van der Waals surface area contributed by atoms with Crippen LogP contribution in [0.1, 0.15) is 44.9 Å². The summed E-state index contributed by atoms with van der Waals surface area (Å²) in [4.78, 5) is 9.23. The van der Waals surface area contributed by atoms with Crippen LogP contribution < -0.4 is 4.90 Å². The molecular weight excluding hydrogens is 536 g/mol. The van der Waals surface area contributed by atoms with E-state index in [4.69, 9.17) is 8.27 Å². The molecule has 1 aliphatic heterocycles. The van der Waals surface area contributed by atoms with Gasteiger partial charge in [-0.2, -0.15) is 4.79 Å². The van der Waals surface area contributed by atoms with Crippen LogP contribution in [-0.2, 0) is 0 Å². The Balaban J connectivity index is 0.000000160. The number of aryl methyl sites for hydroxylation is 2. The minimum Gasteiger partial charge on any atom is -0.362 e. The summed E-state index contributed by atoms with van der Waals surface area (Å²) in [6, 6.07) is 45.8. The molecule has 0 N–H and O–H groups in total. The number of nitrogens with zero attached hydrogens (tertiary/aromatic N) is 4. The summed E-state index contributed by atoms with van der Waals surface area (Å²) in [5.74, 6) is 0. The summed E-state index contributed by atoms with van der Waals surface area (Å²) in [6.45, 7) is 7.58. The van der Waals surface area contributed by atoms with Crippen molar-refractivity contribution in [1.29, 1.82) is 0 Å². The Morgan fingerprint density at radius 3 is 1.91 bits per heavy atom. The highest BCUT2D eigenvalue weighted by molar-refractivity contribution is 5.91. The first kappa shape index (κ1) is 27.5. The van der Waals surface area contributed by atoms with Crippen molar-refractivity contribution >= 4 is 45.3 Å². The summed E-state index contributed by atoms with van der Waals surface area (Å²) in [5, 5.41) is 5.00. The predicted octanol–water partition coefficient (Wildman–Crippen LogP) is 10.3. The number of hydrogen-bond acceptors (Lipinski definition) is 2. The van der Waals surface area contributed by atoms with E-state index >= 15 is 0 Å². The average Bonchev–Trinajstić information content (AvgIpc) is 3.65. The molecule has 0 radical (unpaired) electrons. The third-order valence-electron chi connectivity index (χ3n) is 7.77. The van der Waals surface area contributed by atoms with Crippen LogP contribution in [0.4, 0.5) is 11.4 Å². The van der Waals surface area contributed by atoms with Crippen molar-refractivity contribution in [3.63, 3.8) is 0 Å². The van der Waals surface area contributed by atoms with E-state index in [1.54, 1.807) is 0 Å². The van der Waals surface area contributed by atoms with E-state index in [-0.39, 0.29) is 12.2 Å². The van der Waals surface area contributed by atoms with Crippen LogP contribution >= 0.6 is 0 Å². The lowest BCUT2D eigenvalue weighted by molar-refractivity contribution is 0.00297. The second-order valence-corrected chi connectivity index (χ2v) is 10.8. The fourth-order valence-electron chi connectivity index (χ4n) is 5.36. The Hall–Kier alpha value is -5.31. The van der Waals surface area contributed by atoms with Crippen LogP contribution in [0.3, 0.4) is 0 Å². The molecule has 44 heavy (non-hydrogen) atoms. The van der Waals surface area contributed by atoms with Gasteiger partial charge in [0.2, 0.25) is 0 Å². The summed E-state index contributed by atoms with van der Waals surface area (Å²) in [6.07, 6.45) is 1.86. The van der Waals surface area contributed by atoms with E-state index in [9.17, 15) is 0 Å². The molecule has 218 valence electrons. The molecule has 0 aliphatic carbocycles. The lowest BCUT2D eigenvalue weighted by Crippen LogP contribution is -1.98. The van der Waals surface area contributed by atoms with Crippen LogP contribution in [0, 0.1) is 13.8 Å². The predicted molar refractivity (Wildman–Crippen MR) is 188 cm³/mol. The number of fused-ring (bicyclic) bond motifs is 2. The van der Waals surface area contributed by atoms with Crippen LogP contribution in [-0.4, -0.2) is 23.2 Å². The standard InChI is InChI=1S/C20H19N.C18H15N.C2H4N2/c1-14-7-3-6-10-19(14)21-15(2)20(21)18-12-11-16-8-4-5-9-17(16)13-18;1-14-6-2-5-9-18(14)19-13-15-10-11-16-7-3-4-8-17(16)12-15;1-2-4-3/h3-13,15,20H,1-2H3;2-13H,1H3;2H,1H3/t15-,20-,21?;;/m0../s1/i15D;;2D. The van der Waals surface area contributed by atoms with Crippen LogP contribution in [0.25, 0.3) is 27.1 Å². The molecule has 6 aromatic carbocycles. The first-order valence-electron chi connectivity index (χ1n) is 15.8. The van der Waals surface area contributed by atoms with E-state index < -0.39 is 6.02 Å². The van der Waals surface area contributed by atoms with Crippen molar-refractivity contribution < 1.29 is 7.53 Å². The Morgan fingerprint density at radius 2 is 1.27 bits per heavy atom. The smallest absolute Gasteiger partial charge is 0.254 e. The summed E-state index contributed by atoms with van der Waals surface area (Å²) in [5.41, 5.74) is 14.5. The first-order chi connectivity index (χ1) is 22.2. The van der Waals surface area contributed by atoms with E-state index in [1.807, 2.05) is 37.4 Å². The SMILES string of the molecule is Cc1ccccc1N=Cc1ccc2ccccc2c1.[2H]C(C)=[N+]=[N-].[2H][C@]1(C)[C@@H](c2ccc3ccccc3c2)N1c1ccccc1C. The topological polar surface area (TPSA) is 51.8 Å². The molecule has 2 atom stereocenters. The van der Waals surface area contributed by atoms with Gasteiger partial charge in [-0.15, -0.1) is 0 Å². The lowest BCUT2D eigenvalue weighted by Gasteiger charge is -2.10. The minimum absolute atomic E-state index is 0.0648. The summed E-state index contributed by atoms with van der Waals surface area (Å²) in [7, 11) is 0. The average molecular weight is 577 g/mol. The second-order valence-electron chi connectivity index (χ2n) is 10.8. The van der Waals surface area contributed by atoms with Crippen LogP contribution in [0.5, 0.6) is 0 Å². The van der Waals surface area contributed by atoms with Gasteiger partial charge in [0, 0.05) is 18.8 Å². The van der Waals surface area contributed by atoms with Crippen molar-refractivity contribution in [2.45, 2.75) is 39.8 Å². The largest absolute Gasteiger partial charge is 0.362 e. The van der Waals surface area contributed by atoms with Crippen molar-refractivity contribution in [3.05, 3.63) is 161 Å². The van der Waals surface area contributed by atoms with E-state index in [2.05, 4.69) is 138 Å². The Bertz CT molecular complexity index is 2060. The highest BCUT2D eigenvalue weighted by Crippen LogP contribution is 2.48. The highest BCUT2D eigenvalue weighted by Gasteiger charge is 2.45. The van der Waals surface area contributed by atoms with Gasteiger partial charge < -0.3 is 10.4 Å². The van der Waals surface area contributed by atoms with Crippen molar-refractivity contribution in [2.24, 2.45) is 4.99 Å². The highest BCUT2D eigenvalue weighted by atomic mass is 15.3. The van der Waals surface area contributed by atoms with Gasteiger partial charge in [0.05, 0.1) is 19.1 Å². The quantitative estimate of drug-likeness (QED) is 0.0891. The van der Waals surface area contributed by atoms with Gasteiger partial charge in [-0.25, -0.2) is 0 Å². The fraction of sp³-hybridized carbons (Fsp3) is 0.150. The zero-order valence-corrected chi connectivity index (χ0v) is 25.6. The van der Waals surface area contributed by atoms with Gasteiger partial charge in [0.15, 0.2) is 1.37 Å². The Labute approximate surface area is 263 Å². The maximum absolute atomic E-state index is 8.67. The molecular formula is C40H38N4. The molecule has 0 amide bonds. The molecule has 6 aromatic rings. The zero-order chi connectivity index (χ0) is 32.7. The Morgan fingerprint density at radius 1 is 0.727 bits per heavy atom. The molecule has 1 aliphatic rings. The van der Waals surface area contributed by atoms with E-state index in [0.29, 0.717) is 0 Å². The number of para-hydroxylation sites is 2. The molecule has 0 aromatic heterocycles. The van der Waals surface area contributed by atoms with E-state index in [0.717, 1.165) is 16.9 Å². The van der Waals surface area contributed by atoms with E-state index in [1.165, 1.54) is 45.2 Å². The molecule has 1 fully saturated rings. The second kappa shape index (κ2) is 14.2. The van der Waals surface area contributed by atoms with Crippen LogP contribution in [0.2, 0.25) is 0 Å². The maximum atomic E-state index is 8.67. The van der Waals surface area contributed by atoms with Gasteiger partial charge >= 0.3 is 0 Å². The van der Waals surface area contributed by atoms with Crippen molar-refractivity contribution in [2.75, 3.05) is 4.90 Å². The zero-order valence-electron chi connectivity index (χ0n) is 27.6. The number of hydrogen-bond donors (Lipinski definition) is 0.